The molecule has 0 saturated carbocycles. The highest BCUT2D eigenvalue weighted by atomic mass is 32.1. The Morgan fingerprint density at radius 1 is 1.00 bits per heavy atom. The predicted molar refractivity (Wildman–Crippen MR) is 120 cm³/mol. The van der Waals surface area contributed by atoms with Crippen LogP contribution < -0.4 is 5.32 Å². The molecule has 0 aliphatic carbocycles. The van der Waals surface area contributed by atoms with Gasteiger partial charge in [-0.1, -0.05) is 54.6 Å². The minimum atomic E-state index is -0.451. The van der Waals surface area contributed by atoms with Gasteiger partial charge in [0, 0.05) is 29.0 Å². The lowest BCUT2D eigenvalue weighted by molar-refractivity contribution is -0.384. The molecule has 0 radical (unpaired) electrons. The minimum absolute atomic E-state index is 0.0342. The quantitative estimate of drug-likeness (QED) is 0.320. The molecule has 0 atom stereocenters. The summed E-state index contributed by atoms with van der Waals surface area (Å²) in [7, 11) is 0. The van der Waals surface area contributed by atoms with Gasteiger partial charge in [-0.2, -0.15) is 0 Å². The highest BCUT2D eigenvalue weighted by Crippen LogP contribution is 2.33. The lowest BCUT2D eigenvalue weighted by Crippen LogP contribution is -2.11. The number of carbonyl (C=O) groups excluding carboxylic acids is 1. The van der Waals surface area contributed by atoms with Gasteiger partial charge in [-0.3, -0.25) is 20.2 Å². The molecule has 7 nitrogen and oxygen atoms in total. The van der Waals surface area contributed by atoms with E-state index in [1.165, 1.54) is 35.6 Å². The lowest BCUT2D eigenvalue weighted by atomic mass is 10.1. The molecular weight excluding hydrogens is 414 g/mol. The van der Waals surface area contributed by atoms with Crippen molar-refractivity contribution in [3.8, 4) is 17.0 Å². The van der Waals surface area contributed by atoms with Crippen molar-refractivity contribution in [3.63, 3.8) is 0 Å². The second-order valence-corrected chi connectivity index (χ2v) is 7.81. The van der Waals surface area contributed by atoms with Gasteiger partial charge in [0.15, 0.2) is 5.13 Å². The third kappa shape index (κ3) is 4.59. The smallest absolute Gasteiger partial charge is 0.269 e. The number of nitrogens with one attached hydrogen (secondary N) is 1. The first-order chi connectivity index (χ1) is 15.0. The van der Waals surface area contributed by atoms with Crippen molar-refractivity contribution in [3.05, 3.63) is 105 Å². The van der Waals surface area contributed by atoms with Crippen LogP contribution in [0.4, 0.5) is 10.8 Å². The number of aromatic hydroxyl groups is 1. The van der Waals surface area contributed by atoms with E-state index in [4.69, 9.17) is 0 Å². The van der Waals surface area contributed by atoms with Crippen molar-refractivity contribution in [2.24, 2.45) is 0 Å². The van der Waals surface area contributed by atoms with E-state index >= 15 is 0 Å². The molecule has 8 heteroatoms. The van der Waals surface area contributed by atoms with Gasteiger partial charge in [0.1, 0.15) is 5.75 Å². The molecule has 0 unspecified atom stereocenters. The Balaban J connectivity index is 1.65. The molecular formula is C23H17N3O4S. The van der Waals surface area contributed by atoms with Gasteiger partial charge in [0.2, 0.25) is 0 Å². The first kappa shape index (κ1) is 20.2. The Hall–Kier alpha value is -4.04. The fourth-order valence-corrected chi connectivity index (χ4v) is 4.11. The number of nitrogens with zero attached hydrogens (tertiary/aromatic N) is 2. The van der Waals surface area contributed by atoms with Crippen LogP contribution in [-0.2, 0) is 6.42 Å². The Morgan fingerprint density at radius 3 is 2.35 bits per heavy atom. The van der Waals surface area contributed by atoms with Crippen LogP contribution >= 0.6 is 11.3 Å². The number of rotatable bonds is 6. The van der Waals surface area contributed by atoms with Gasteiger partial charge < -0.3 is 5.11 Å². The van der Waals surface area contributed by atoms with E-state index in [1.54, 1.807) is 24.3 Å². The topological polar surface area (TPSA) is 105 Å². The molecule has 2 N–H and O–H groups in total. The van der Waals surface area contributed by atoms with Crippen molar-refractivity contribution >= 4 is 28.1 Å². The van der Waals surface area contributed by atoms with E-state index in [-0.39, 0.29) is 17.0 Å². The van der Waals surface area contributed by atoms with Gasteiger partial charge in [-0.15, -0.1) is 11.3 Å². The molecule has 4 aromatic rings. The summed E-state index contributed by atoms with van der Waals surface area (Å²) in [6.45, 7) is 0. The summed E-state index contributed by atoms with van der Waals surface area (Å²) in [5, 5.41) is 24.0. The number of non-ortho nitro benzene ring substituents is 1. The van der Waals surface area contributed by atoms with E-state index in [9.17, 15) is 20.0 Å². The molecule has 0 bridgehead atoms. The Kier molecular flexibility index (Phi) is 5.72. The van der Waals surface area contributed by atoms with Crippen LogP contribution in [0.3, 0.4) is 0 Å². The number of hydrogen-bond acceptors (Lipinski definition) is 6. The van der Waals surface area contributed by atoms with E-state index < -0.39 is 10.8 Å². The van der Waals surface area contributed by atoms with Gasteiger partial charge in [0.25, 0.3) is 11.6 Å². The second-order valence-electron chi connectivity index (χ2n) is 6.73. The van der Waals surface area contributed by atoms with Gasteiger partial charge in [-0.25, -0.2) is 4.98 Å². The minimum Gasteiger partial charge on any atom is -0.507 e. The molecule has 0 aliphatic rings. The summed E-state index contributed by atoms with van der Waals surface area (Å²) in [5.74, 6) is -0.556. The molecule has 0 aliphatic heterocycles. The molecule has 31 heavy (non-hydrogen) atoms. The summed E-state index contributed by atoms with van der Waals surface area (Å²) in [4.78, 5) is 28.6. The molecule has 1 aromatic heterocycles. The maximum Gasteiger partial charge on any atom is 0.269 e. The molecule has 1 amide bonds. The predicted octanol–water partition coefficient (Wildman–Crippen LogP) is 5.27. The van der Waals surface area contributed by atoms with E-state index in [0.717, 1.165) is 21.7 Å². The number of hydrogen-bond donors (Lipinski definition) is 2. The number of phenolic OH excluding ortho intramolecular Hbond substituents is 1. The number of thiazole rings is 1. The Labute approximate surface area is 181 Å². The number of nitro groups is 1. The molecule has 4 rings (SSSR count). The van der Waals surface area contributed by atoms with E-state index in [0.29, 0.717) is 11.6 Å². The second kappa shape index (κ2) is 8.76. The molecule has 0 spiro atoms. The van der Waals surface area contributed by atoms with E-state index in [2.05, 4.69) is 10.3 Å². The average Bonchev–Trinajstić information content (AvgIpc) is 3.17. The van der Waals surface area contributed by atoms with Crippen LogP contribution in [0.2, 0.25) is 0 Å². The summed E-state index contributed by atoms with van der Waals surface area (Å²) in [6.07, 6.45) is 0.506. The van der Waals surface area contributed by atoms with E-state index in [1.807, 2.05) is 30.3 Å². The van der Waals surface area contributed by atoms with Crippen LogP contribution in [0.15, 0.2) is 78.9 Å². The SMILES string of the molecule is O=C(Nc1nc(-c2ccccc2)c(Cc2ccc([N+](=O)[O-])cc2)s1)c1ccccc1O. The zero-order chi connectivity index (χ0) is 21.8. The summed E-state index contributed by atoms with van der Waals surface area (Å²) < 4.78 is 0. The third-order valence-corrected chi connectivity index (χ3v) is 5.60. The number of benzene rings is 3. The normalized spacial score (nSPS) is 10.6. The van der Waals surface area contributed by atoms with Crippen LogP contribution in [-0.4, -0.2) is 20.9 Å². The fraction of sp³-hybridized carbons (Fsp3) is 0.0435. The number of phenols is 1. The Bertz CT molecular complexity index is 1240. The van der Waals surface area contributed by atoms with Crippen LogP contribution in [0.25, 0.3) is 11.3 Å². The highest BCUT2D eigenvalue weighted by molar-refractivity contribution is 7.16. The van der Waals surface area contributed by atoms with Crippen LogP contribution in [0, 0.1) is 10.1 Å². The highest BCUT2D eigenvalue weighted by Gasteiger charge is 2.18. The lowest BCUT2D eigenvalue weighted by Gasteiger charge is -2.03. The Morgan fingerprint density at radius 2 is 1.68 bits per heavy atom. The number of anilines is 1. The van der Waals surface area contributed by atoms with Gasteiger partial charge >= 0.3 is 0 Å². The van der Waals surface area contributed by atoms with Gasteiger partial charge in [-0.05, 0) is 17.7 Å². The molecule has 0 saturated heterocycles. The van der Waals surface area contributed by atoms with Crippen molar-refractivity contribution in [2.45, 2.75) is 6.42 Å². The summed E-state index contributed by atoms with van der Waals surface area (Å²) in [5.41, 5.74) is 2.73. The van der Waals surface area contributed by atoms with Crippen molar-refractivity contribution in [1.29, 1.82) is 0 Å². The van der Waals surface area contributed by atoms with Crippen LogP contribution in [0.1, 0.15) is 20.8 Å². The van der Waals surface area contributed by atoms with Crippen molar-refractivity contribution in [1.82, 2.24) is 4.98 Å². The monoisotopic (exact) mass is 431 g/mol. The maximum absolute atomic E-state index is 12.6. The standard InChI is InChI=1S/C23H17N3O4S/c27-19-9-5-4-8-18(19)22(28)25-23-24-21(16-6-2-1-3-7-16)20(31-23)14-15-10-12-17(13-11-15)26(29)30/h1-13,27H,14H2,(H,24,25,28). The van der Waals surface area contributed by atoms with Gasteiger partial charge in [0.05, 0.1) is 16.2 Å². The third-order valence-electron chi connectivity index (χ3n) is 4.63. The zero-order valence-corrected chi connectivity index (χ0v) is 17.0. The average molecular weight is 431 g/mol. The number of amides is 1. The molecule has 3 aromatic carbocycles. The first-order valence-electron chi connectivity index (χ1n) is 9.39. The molecule has 0 fully saturated rings. The summed E-state index contributed by atoms with van der Waals surface area (Å²) in [6, 6.07) is 22.3. The fourth-order valence-electron chi connectivity index (χ4n) is 3.10. The number of aromatic nitrogens is 1. The number of carbonyl (C=O) groups is 1. The largest absolute Gasteiger partial charge is 0.507 e. The van der Waals surface area contributed by atoms with Crippen molar-refractivity contribution < 1.29 is 14.8 Å². The van der Waals surface area contributed by atoms with Crippen LogP contribution in [0.5, 0.6) is 5.75 Å². The molecule has 154 valence electrons. The number of nitro benzene ring substituents is 1. The summed E-state index contributed by atoms with van der Waals surface area (Å²) >= 11 is 1.33. The maximum atomic E-state index is 12.6. The zero-order valence-electron chi connectivity index (χ0n) is 16.2. The number of para-hydroxylation sites is 1. The van der Waals surface area contributed by atoms with Crippen molar-refractivity contribution in [2.75, 3.05) is 5.32 Å². The first-order valence-corrected chi connectivity index (χ1v) is 10.2. The molecule has 1 heterocycles.